The SMILES string of the molecule is CC(C)NC(=O)CC(CC(F)(F)F)c1ccc(C(=O)c2ccc(Br)cc2)cc1. The van der Waals surface area contributed by atoms with Crippen LogP contribution in [0.5, 0.6) is 0 Å². The van der Waals surface area contributed by atoms with Gasteiger partial charge in [0.1, 0.15) is 0 Å². The molecule has 1 N–H and O–H groups in total. The molecule has 7 heteroatoms. The summed E-state index contributed by atoms with van der Waals surface area (Å²) in [6.45, 7) is 3.50. The summed E-state index contributed by atoms with van der Waals surface area (Å²) < 4.78 is 39.8. The highest BCUT2D eigenvalue weighted by atomic mass is 79.9. The van der Waals surface area contributed by atoms with Crippen molar-refractivity contribution in [3.63, 3.8) is 0 Å². The average Bonchev–Trinajstić information content (AvgIpc) is 2.59. The number of ketones is 1. The minimum Gasteiger partial charge on any atom is -0.354 e. The molecule has 0 bridgehead atoms. The number of carbonyl (C=O) groups excluding carboxylic acids is 2. The fraction of sp³-hybridized carbons (Fsp3) is 0.333. The van der Waals surface area contributed by atoms with Crippen LogP contribution in [0.1, 0.15) is 54.1 Å². The zero-order chi connectivity index (χ0) is 20.9. The first-order valence-electron chi connectivity index (χ1n) is 8.81. The lowest BCUT2D eigenvalue weighted by molar-refractivity contribution is -0.141. The van der Waals surface area contributed by atoms with Gasteiger partial charge >= 0.3 is 6.18 Å². The van der Waals surface area contributed by atoms with Crippen LogP contribution in [-0.2, 0) is 4.79 Å². The maximum absolute atomic E-state index is 13.0. The first-order valence-corrected chi connectivity index (χ1v) is 9.61. The molecular weight excluding hydrogens is 435 g/mol. The van der Waals surface area contributed by atoms with E-state index in [2.05, 4.69) is 21.2 Å². The summed E-state index contributed by atoms with van der Waals surface area (Å²) in [4.78, 5) is 24.5. The molecule has 2 aromatic rings. The van der Waals surface area contributed by atoms with E-state index in [1.807, 2.05) is 0 Å². The topological polar surface area (TPSA) is 46.2 Å². The quantitative estimate of drug-likeness (QED) is 0.549. The third-order valence-corrected chi connectivity index (χ3v) is 4.64. The van der Waals surface area contributed by atoms with Gasteiger partial charge in [-0.15, -0.1) is 0 Å². The Balaban J connectivity index is 2.20. The van der Waals surface area contributed by atoms with Crippen molar-refractivity contribution in [2.75, 3.05) is 0 Å². The van der Waals surface area contributed by atoms with E-state index in [1.165, 1.54) is 24.3 Å². The van der Waals surface area contributed by atoms with Gasteiger partial charge in [0.05, 0.1) is 6.42 Å². The van der Waals surface area contributed by atoms with Crippen LogP contribution in [-0.4, -0.2) is 23.9 Å². The van der Waals surface area contributed by atoms with Crippen LogP contribution < -0.4 is 5.32 Å². The van der Waals surface area contributed by atoms with E-state index >= 15 is 0 Å². The fourth-order valence-corrected chi connectivity index (χ4v) is 3.13. The number of carbonyl (C=O) groups is 2. The molecule has 0 aromatic heterocycles. The number of alkyl halides is 3. The lowest BCUT2D eigenvalue weighted by atomic mass is 9.90. The van der Waals surface area contributed by atoms with Gasteiger partial charge in [-0.3, -0.25) is 9.59 Å². The summed E-state index contributed by atoms with van der Waals surface area (Å²) in [6, 6.07) is 12.7. The van der Waals surface area contributed by atoms with Gasteiger partial charge in [0, 0.05) is 34.0 Å². The number of hydrogen-bond donors (Lipinski definition) is 1. The van der Waals surface area contributed by atoms with Crippen LogP contribution in [0.15, 0.2) is 53.0 Å². The standard InChI is InChI=1S/C21H21BrF3NO2/c1-13(2)26-19(27)11-17(12-21(23,24)25)14-3-5-15(6-4-14)20(28)16-7-9-18(22)10-8-16/h3-10,13,17H,11-12H2,1-2H3,(H,26,27). The van der Waals surface area contributed by atoms with Gasteiger partial charge < -0.3 is 5.32 Å². The van der Waals surface area contributed by atoms with E-state index in [0.717, 1.165) is 4.47 Å². The van der Waals surface area contributed by atoms with E-state index in [1.54, 1.807) is 38.1 Å². The van der Waals surface area contributed by atoms with E-state index < -0.39 is 24.4 Å². The molecule has 0 aliphatic rings. The van der Waals surface area contributed by atoms with E-state index in [4.69, 9.17) is 0 Å². The van der Waals surface area contributed by atoms with Crippen LogP contribution in [0, 0.1) is 0 Å². The maximum Gasteiger partial charge on any atom is 0.389 e. The summed E-state index contributed by atoms with van der Waals surface area (Å²) in [7, 11) is 0. The van der Waals surface area contributed by atoms with Gasteiger partial charge in [-0.05, 0) is 43.7 Å². The molecule has 0 heterocycles. The molecule has 0 aliphatic heterocycles. The van der Waals surface area contributed by atoms with Crippen molar-refractivity contribution < 1.29 is 22.8 Å². The minimum absolute atomic E-state index is 0.148. The summed E-state index contributed by atoms with van der Waals surface area (Å²) >= 11 is 3.30. The molecule has 0 aliphatic carbocycles. The second-order valence-corrected chi connectivity index (χ2v) is 7.82. The minimum atomic E-state index is -4.39. The maximum atomic E-state index is 13.0. The number of halogens is 4. The summed E-state index contributed by atoms with van der Waals surface area (Å²) in [5.41, 5.74) is 1.24. The third-order valence-electron chi connectivity index (χ3n) is 4.11. The molecule has 3 nitrogen and oxygen atoms in total. The van der Waals surface area contributed by atoms with Gasteiger partial charge in [0.25, 0.3) is 0 Å². The largest absolute Gasteiger partial charge is 0.389 e. The van der Waals surface area contributed by atoms with Crippen LogP contribution in [0.4, 0.5) is 13.2 Å². The molecule has 28 heavy (non-hydrogen) atoms. The molecule has 1 atom stereocenters. The Morgan fingerprint density at radius 1 is 0.964 bits per heavy atom. The molecule has 0 spiro atoms. The lowest BCUT2D eigenvalue weighted by Gasteiger charge is -2.20. The third kappa shape index (κ3) is 6.78. The molecule has 1 amide bonds. The van der Waals surface area contributed by atoms with Crippen molar-refractivity contribution in [1.29, 1.82) is 0 Å². The molecule has 150 valence electrons. The monoisotopic (exact) mass is 455 g/mol. The normalized spacial score (nSPS) is 12.7. The van der Waals surface area contributed by atoms with Gasteiger partial charge in [0.15, 0.2) is 5.78 Å². The average molecular weight is 456 g/mol. The predicted molar refractivity (Wildman–Crippen MR) is 105 cm³/mol. The van der Waals surface area contributed by atoms with E-state index in [-0.39, 0.29) is 18.2 Å². The number of rotatable bonds is 7. The second kappa shape index (κ2) is 9.37. The lowest BCUT2D eigenvalue weighted by Crippen LogP contribution is -2.32. The Kier molecular flexibility index (Phi) is 7.41. The van der Waals surface area contributed by atoms with E-state index in [9.17, 15) is 22.8 Å². The van der Waals surface area contributed by atoms with Crippen molar-refractivity contribution in [3.8, 4) is 0 Å². The van der Waals surface area contributed by atoms with Crippen molar-refractivity contribution >= 4 is 27.6 Å². The highest BCUT2D eigenvalue weighted by Crippen LogP contribution is 2.33. The first-order chi connectivity index (χ1) is 13.0. The Morgan fingerprint density at radius 3 is 1.93 bits per heavy atom. The molecular formula is C21H21BrF3NO2. The van der Waals surface area contributed by atoms with Gasteiger partial charge in [-0.1, -0.05) is 40.2 Å². The van der Waals surface area contributed by atoms with Gasteiger partial charge in [0.2, 0.25) is 5.91 Å². The van der Waals surface area contributed by atoms with Gasteiger partial charge in [-0.2, -0.15) is 13.2 Å². The number of amides is 1. The van der Waals surface area contributed by atoms with Crippen molar-refractivity contribution in [2.24, 2.45) is 0 Å². The zero-order valence-electron chi connectivity index (χ0n) is 15.5. The first kappa shape index (κ1) is 22.1. The molecule has 0 saturated carbocycles. The summed E-state index contributed by atoms with van der Waals surface area (Å²) in [6.07, 6.45) is -5.76. The smallest absolute Gasteiger partial charge is 0.354 e. The van der Waals surface area contributed by atoms with Crippen LogP contribution in [0.25, 0.3) is 0 Å². The Morgan fingerprint density at radius 2 is 1.46 bits per heavy atom. The highest BCUT2D eigenvalue weighted by Gasteiger charge is 2.33. The van der Waals surface area contributed by atoms with Crippen LogP contribution in [0.3, 0.4) is 0 Å². The molecule has 0 fully saturated rings. The zero-order valence-corrected chi connectivity index (χ0v) is 17.1. The Bertz CT molecular complexity index is 815. The highest BCUT2D eigenvalue weighted by molar-refractivity contribution is 9.10. The van der Waals surface area contributed by atoms with Crippen molar-refractivity contribution in [2.45, 2.75) is 44.8 Å². The Hall–Kier alpha value is -2.15. The number of nitrogens with one attached hydrogen (secondary N) is 1. The fourth-order valence-electron chi connectivity index (χ4n) is 2.87. The second-order valence-electron chi connectivity index (χ2n) is 6.90. The molecule has 0 saturated heterocycles. The van der Waals surface area contributed by atoms with Crippen LogP contribution >= 0.6 is 15.9 Å². The molecule has 0 radical (unpaired) electrons. The van der Waals surface area contributed by atoms with Crippen molar-refractivity contribution in [3.05, 3.63) is 69.7 Å². The Labute approximate surface area is 170 Å². The molecule has 2 rings (SSSR count). The van der Waals surface area contributed by atoms with Crippen LogP contribution in [0.2, 0.25) is 0 Å². The molecule has 1 unspecified atom stereocenters. The van der Waals surface area contributed by atoms with Crippen molar-refractivity contribution in [1.82, 2.24) is 5.32 Å². The summed E-state index contributed by atoms with van der Waals surface area (Å²) in [5.74, 6) is -1.65. The predicted octanol–water partition coefficient (Wildman–Crippen LogP) is 5.63. The summed E-state index contributed by atoms with van der Waals surface area (Å²) in [5, 5.41) is 2.62. The molecule has 2 aromatic carbocycles. The van der Waals surface area contributed by atoms with E-state index in [0.29, 0.717) is 16.7 Å². The number of benzene rings is 2. The van der Waals surface area contributed by atoms with Gasteiger partial charge in [-0.25, -0.2) is 0 Å². The number of hydrogen-bond acceptors (Lipinski definition) is 2.